The first-order chi connectivity index (χ1) is 10.9. The van der Waals surface area contributed by atoms with Crippen LogP contribution in [0.5, 0.6) is 0 Å². The molecule has 1 aromatic heterocycles. The van der Waals surface area contributed by atoms with E-state index in [1.165, 1.54) is 4.57 Å². The molecular weight excluding hydrogens is 316 g/mol. The summed E-state index contributed by atoms with van der Waals surface area (Å²) in [5.74, 6) is -1.46. The van der Waals surface area contributed by atoms with Crippen molar-refractivity contribution in [1.82, 2.24) is 9.88 Å². The lowest BCUT2D eigenvalue weighted by Gasteiger charge is -2.15. The van der Waals surface area contributed by atoms with Gasteiger partial charge in [-0.1, -0.05) is 48.6 Å². The first-order valence-corrected chi connectivity index (χ1v) is 8.05. The summed E-state index contributed by atoms with van der Waals surface area (Å²) >= 11 is 0.659. The zero-order valence-corrected chi connectivity index (χ0v) is 13.7. The maximum absolute atomic E-state index is 12.2. The number of nitrogens with one attached hydrogen (secondary N) is 1. The molecule has 23 heavy (non-hydrogen) atoms. The van der Waals surface area contributed by atoms with Crippen molar-refractivity contribution < 1.29 is 14.7 Å². The van der Waals surface area contributed by atoms with E-state index < -0.39 is 10.8 Å². The number of aromatic nitrogens is 1. The minimum absolute atomic E-state index is 0.00130. The predicted molar refractivity (Wildman–Crippen MR) is 87.9 cm³/mol. The Bertz CT molecular complexity index is 764. The van der Waals surface area contributed by atoms with Gasteiger partial charge in [-0.2, -0.15) is 0 Å². The van der Waals surface area contributed by atoms with Gasteiger partial charge >= 0.3 is 10.8 Å². The highest BCUT2D eigenvalue weighted by atomic mass is 32.1. The van der Waals surface area contributed by atoms with Gasteiger partial charge in [0.05, 0.1) is 6.04 Å². The number of carboxylic acid groups (broad SMARTS) is 1. The summed E-state index contributed by atoms with van der Waals surface area (Å²) in [5.41, 5.74) is 1.34. The van der Waals surface area contributed by atoms with Crippen molar-refractivity contribution in [3.63, 3.8) is 0 Å². The van der Waals surface area contributed by atoms with Crippen LogP contribution < -0.4 is 10.2 Å². The van der Waals surface area contributed by atoms with Gasteiger partial charge in [0.25, 0.3) is 0 Å². The van der Waals surface area contributed by atoms with Gasteiger partial charge in [-0.3, -0.25) is 14.2 Å². The topological polar surface area (TPSA) is 88.4 Å². The van der Waals surface area contributed by atoms with Crippen LogP contribution in [0.15, 0.2) is 35.1 Å². The lowest BCUT2D eigenvalue weighted by Crippen LogP contribution is -2.33. The molecule has 122 valence electrons. The SMILES string of the molecule is CCc1c(C(=O)O)sc(=O)n1CC(=O)NC(C)c1ccccc1. The molecule has 0 saturated heterocycles. The number of rotatable bonds is 6. The molecule has 1 amide bonds. The fourth-order valence-electron chi connectivity index (χ4n) is 2.37. The van der Waals surface area contributed by atoms with Crippen molar-refractivity contribution in [2.45, 2.75) is 32.9 Å². The van der Waals surface area contributed by atoms with Crippen molar-refractivity contribution >= 4 is 23.2 Å². The van der Waals surface area contributed by atoms with Crippen LogP contribution in [0, 0.1) is 0 Å². The van der Waals surface area contributed by atoms with E-state index in [1.54, 1.807) is 6.92 Å². The maximum atomic E-state index is 12.2. The van der Waals surface area contributed by atoms with E-state index in [2.05, 4.69) is 5.32 Å². The molecule has 6 nitrogen and oxygen atoms in total. The fraction of sp³-hybridized carbons (Fsp3) is 0.312. The number of thiazole rings is 1. The third kappa shape index (κ3) is 3.87. The average molecular weight is 334 g/mol. The Morgan fingerprint density at radius 3 is 2.52 bits per heavy atom. The molecule has 0 bridgehead atoms. The Kier molecular flexibility index (Phi) is 5.33. The molecule has 2 aromatic rings. The minimum Gasteiger partial charge on any atom is -0.477 e. The van der Waals surface area contributed by atoms with Crippen LogP contribution in [0.2, 0.25) is 0 Å². The second-order valence-corrected chi connectivity index (χ2v) is 6.05. The summed E-state index contributed by atoms with van der Waals surface area (Å²) in [4.78, 5) is 34.9. The van der Waals surface area contributed by atoms with Crippen molar-refractivity contribution in [2.75, 3.05) is 0 Å². The number of hydrogen-bond donors (Lipinski definition) is 2. The Balaban J connectivity index is 2.15. The zero-order chi connectivity index (χ0) is 17.0. The monoisotopic (exact) mass is 334 g/mol. The molecule has 1 aromatic carbocycles. The van der Waals surface area contributed by atoms with E-state index in [-0.39, 0.29) is 23.4 Å². The number of hydrogen-bond acceptors (Lipinski definition) is 4. The largest absolute Gasteiger partial charge is 0.477 e. The second kappa shape index (κ2) is 7.23. The van der Waals surface area contributed by atoms with Gasteiger partial charge in [-0.25, -0.2) is 4.79 Å². The Hall–Kier alpha value is -2.41. The van der Waals surface area contributed by atoms with Crippen molar-refractivity contribution in [3.8, 4) is 0 Å². The molecule has 0 aliphatic heterocycles. The Labute approximate surface area is 137 Å². The Morgan fingerprint density at radius 2 is 1.96 bits per heavy atom. The number of amides is 1. The third-order valence-electron chi connectivity index (χ3n) is 3.51. The molecule has 2 N–H and O–H groups in total. The number of carboxylic acids is 1. The molecule has 1 unspecified atom stereocenters. The zero-order valence-electron chi connectivity index (χ0n) is 12.9. The summed E-state index contributed by atoms with van der Waals surface area (Å²) in [6.07, 6.45) is 0.377. The molecule has 0 radical (unpaired) electrons. The van der Waals surface area contributed by atoms with Gasteiger partial charge in [0.1, 0.15) is 11.4 Å². The van der Waals surface area contributed by atoms with Crippen LogP contribution in [-0.4, -0.2) is 21.6 Å². The number of nitrogens with zero attached hydrogens (tertiary/aromatic N) is 1. The molecule has 0 spiro atoms. The number of carbonyl (C=O) groups excluding carboxylic acids is 1. The van der Waals surface area contributed by atoms with E-state index in [0.717, 1.165) is 5.56 Å². The van der Waals surface area contributed by atoms with Crippen LogP contribution in [-0.2, 0) is 17.8 Å². The van der Waals surface area contributed by atoms with E-state index in [9.17, 15) is 14.4 Å². The minimum atomic E-state index is -1.14. The summed E-state index contributed by atoms with van der Waals surface area (Å²) in [7, 11) is 0. The maximum Gasteiger partial charge on any atom is 0.347 e. The average Bonchev–Trinajstić information content (AvgIpc) is 2.84. The predicted octanol–water partition coefficient (Wildman–Crippen LogP) is 2.05. The summed E-state index contributed by atoms with van der Waals surface area (Å²) < 4.78 is 1.24. The molecule has 7 heteroatoms. The molecule has 1 heterocycles. The number of carbonyl (C=O) groups is 2. The van der Waals surface area contributed by atoms with Crippen molar-refractivity contribution in [3.05, 3.63) is 56.1 Å². The first-order valence-electron chi connectivity index (χ1n) is 7.24. The van der Waals surface area contributed by atoms with Crippen LogP contribution in [0.25, 0.3) is 0 Å². The molecule has 0 fully saturated rings. The van der Waals surface area contributed by atoms with Crippen LogP contribution >= 0.6 is 11.3 Å². The van der Waals surface area contributed by atoms with Crippen LogP contribution in [0.1, 0.15) is 40.8 Å². The van der Waals surface area contributed by atoms with Gasteiger partial charge < -0.3 is 10.4 Å². The third-order valence-corrected chi connectivity index (χ3v) is 4.51. The van der Waals surface area contributed by atoms with Gasteiger partial charge in [-0.05, 0) is 18.9 Å². The highest BCUT2D eigenvalue weighted by Gasteiger charge is 2.20. The molecule has 0 aliphatic carbocycles. The molecule has 2 rings (SSSR count). The molecule has 0 saturated carbocycles. The lowest BCUT2D eigenvalue weighted by atomic mass is 10.1. The lowest BCUT2D eigenvalue weighted by molar-refractivity contribution is -0.122. The highest BCUT2D eigenvalue weighted by Crippen LogP contribution is 2.14. The van der Waals surface area contributed by atoms with Gasteiger partial charge in [-0.15, -0.1) is 0 Å². The first kappa shape index (κ1) is 17.0. The van der Waals surface area contributed by atoms with Gasteiger partial charge in [0, 0.05) is 5.69 Å². The quantitative estimate of drug-likeness (QED) is 0.846. The normalized spacial score (nSPS) is 11.9. The summed E-state index contributed by atoms with van der Waals surface area (Å²) in [6, 6.07) is 9.28. The van der Waals surface area contributed by atoms with Gasteiger partial charge in [0.2, 0.25) is 5.91 Å². The number of benzene rings is 1. The second-order valence-electron chi connectivity index (χ2n) is 5.09. The summed E-state index contributed by atoms with van der Waals surface area (Å²) in [5, 5.41) is 11.9. The van der Waals surface area contributed by atoms with E-state index in [0.29, 0.717) is 23.5 Å². The van der Waals surface area contributed by atoms with Crippen molar-refractivity contribution in [2.24, 2.45) is 0 Å². The molecule has 1 atom stereocenters. The van der Waals surface area contributed by atoms with E-state index in [4.69, 9.17) is 5.11 Å². The van der Waals surface area contributed by atoms with Gasteiger partial charge in [0.15, 0.2) is 0 Å². The van der Waals surface area contributed by atoms with E-state index >= 15 is 0 Å². The highest BCUT2D eigenvalue weighted by molar-refractivity contribution is 7.11. The van der Waals surface area contributed by atoms with Crippen LogP contribution in [0.3, 0.4) is 0 Å². The summed E-state index contributed by atoms with van der Waals surface area (Å²) in [6.45, 7) is 3.44. The fourth-order valence-corrected chi connectivity index (χ4v) is 3.29. The van der Waals surface area contributed by atoms with E-state index in [1.807, 2.05) is 37.3 Å². The van der Waals surface area contributed by atoms with Crippen molar-refractivity contribution in [1.29, 1.82) is 0 Å². The molecule has 0 aliphatic rings. The molecular formula is C16H18N2O4S. The van der Waals surface area contributed by atoms with Crippen LogP contribution in [0.4, 0.5) is 0 Å². The number of aromatic carboxylic acids is 1. The Morgan fingerprint density at radius 1 is 1.30 bits per heavy atom. The smallest absolute Gasteiger partial charge is 0.347 e. The standard InChI is InChI=1S/C16H18N2O4S/c1-3-12-14(15(20)21)23-16(22)18(12)9-13(19)17-10(2)11-7-5-4-6-8-11/h4-8,10H,3,9H2,1-2H3,(H,17,19)(H,20,21).